The Morgan fingerprint density at radius 3 is 2.67 bits per heavy atom. The summed E-state index contributed by atoms with van der Waals surface area (Å²) >= 11 is 5.00. The molecule has 192 valence electrons. The maximum Gasteiger partial charge on any atom is 0.341 e. The van der Waals surface area contributed by atoms with E-state index in [4.69, 9.17) is 14.6 Å². The van der Waals surface area contributed by atoms with Gasteiger partial charge < -0.3 is 24.8 Å². The molecule has 1 amide bonds. The standard InChI is InChI=1S/C27H31BrN2O5S/c1-3-34-22-14-18(13-20(28)25(22)35-16-24(31)32)15-23-26(33)30(21-12-8-7-9-17(21)2)27(36-23)29-19-10-5-4-6-11-19/h4-6,10-11,13-15,17,21,27,29H,3,7-9,12,16H2,1-2H3,(H,31,32)/b23-15-/t17-,21+,27?/m0/s1. The van der Waals surface area contributed by atoms with Gasteiger partial charge in [0.15, 0.2) is 23.6 Å². The van der Waals surface area contributed by atoms with Crippen molar-refractivity contribution in [3.63, 3.8) is 0 Å². The van der Waals surface area contributed by atoms with Crippen LogP contribution < -0.4 is 14.8 Å². The molecule has 3 atom stereocenters. The molecule has 2 aromatic rings. The summed E-state index contributed by atoms with van der Waals surface area (Å²) < 4.78 is 11.7. The number of benzene rings is 2. The molecule has 1 aliphatic heterocycles. The highest BCUT2D eigenvalue weighted by molar-refractivity contribution is 9.10. The highest BCUT2D eigenvalue weighted by Gasteiger charge is 2.42. The summed E-state index contributed by atoms with van der Waals surface area (Å²) in [5.41, 5.74) is 1.53. The second-order valence-corrected chi connectivity index (χ2v) is 11.0. The number of carboxylic acids is 1. The smallest absolute Gasteiger partial charge is 0.341 e. The minimum Gasteiger partial charge on any atom is -0.490 e. The number of hydrogen-bond acceptors (Lipinski definition) is 6. The van der Waals surface area contributed by atoms with E-state index >= 15 is 0 Å². The predicted octanol–water partition coefficient (Wildman–Crippen LogP) is 6.20. The zero-order valence-corrected chi connectivity index (χ0v) is 22.8. The van der Waals surface area contributed by atoms with Crippen LogP contribution in [0, 0.1) is 5.92 Å². The van der Waals surface area contributed by atoms with Crippen molar-refractivity contribution >= 4 is 51.3 Å². The maximum atomic E-state index is 13.8. The van der Waals surface area contributed by atoms with Crippen LogP contribution in [-0.4, -0.2) is 46.6 Å². The summed E-state index contributed by atoms with van der Waals surface area (Å²) in [6, 6.07) is 13.7. The van der Waals surface area contributed by atoms with Crippen LogP contribution in [0.5, 0.6) is 11.5 Å². The van der Waals surface area contributed by atoms with Gasteiger partial charge >= 0.3 is 5.97 Å². The number of ether oxygens (including phenoxy) is 2. The fourth-order valence-electron chi connectivity index (χ4n) is 4.73. The van der Waals surface area contributed by atoms with Gasteiger partial charge in [0.05, 0.1) is 16.0 Å². The molecule has 2 aliphatic rings. The van der Waals surface area contributed by atoms with Gasteiger partial charge in [-0.25, -0.2) is 4.79 Å². The van der Waals surface area contributed by atoms with E-state index in [0.717, 1.165) is 30.5 Å². The van der Waals surface area contributed by atoms with E-state index in [-0.39, 0.29) is 17.4 Å². The van der Waals surface area contributed by atoms with Gasteiger partial charge in [-0.1, -0.05) is 49.7 Å². The lowest BCUT2D eigenvalue weighted by molar-refractivity contribution is -0.139. The monoisotopic (exact) mass is 574 g/mol. The second-order valence-electron chi connectivity index (χ2n) is 8.98. The third-order valence-corrected chi connectivity index (χ3v) is 8.10. The normalized spacial score (nSPS) is 23.1. The van der Waals surface area contributed by atoms with Crippen LogP contribution >= 0.6 is 27.7 Å². The quantitative estimate of drug-likeness (QED) is 0.344. The Labute approximate surface area is 224 Å². The van der Waals surface area contributed by atoms with Crippen LogP contribution in [0.15, 0.2) is 51.8 Å². The largest absolute Gasteiger partial charge is 0.490 e. The van der Waals surface area contributed by atoms with Crippen LogP contribution in [0.3, 0.4) is 0 Å². The molecule has 36 heavy (non-hydrogen) atoms. The number of anilines is 1. The molecule has 7 nitrogen and oxygen atoms in total. The second kappa shape index (κ2) is 12.1. The molecule has 1 saturated heterocycles. The Bertz CT molecular complexity index is 1130. The molecule has 1 aliphatic carbocycles. The third kappa shape index (κ3) is 6.18. The number of hydrogen-bond donors (Lipinski definition) is 2. The summed E-state index contributed by atoms with van der Waals surface area (Å²) in [6.45, 7) is 4.00. The minimum absolute atomic E-state index is 0.0208. The number of thioether (sulfide) groups is 1. The molecule has 9 heteroatoms. The molecule has 2 fully saturated rings. The SMILES string of the molecule is CCOc1cc(/C=C2\SC(Nc3ccccc3)N([C@@H]3CCCC[C@@H]3C)C2=O)cc(Br)c1OCC(=O)O. The summed E-state index contributed by atoms with van der Waals surface area (Å²) in [5.74, 6) is 0.136. The molecule has 0 bridgehead atoms. The predicted molar refractivity (Wildman–Crippen MR) is 146 cm³/mol. The van der Waals surface area contributed by atoms with Crippen LogP contribution in [0.4, 0.5) is 5.69 Å². The van der Waals surface area contributed by atoms with E-state index in [0.29, 0.717) is 33.4 Å². The molecule has 2 N–H and O–H groups in total. The van der Waals surface area contributed by atoms with E-state index in [9.17, 15) is 9.59 Å². The van der Waals surface area contributed by atoms with Gasteiger partial charge in [-0.3, -0.25) is 4.79 Å². The van der Waals surface area contributed by atoms with Crippen molar-refractivity contribution in [2.45, 2.75) is 51.1 Å². The Balaban J connectivity index is 1.66. The Kier molecular flexibility index (Phi) is 8.85. The van der Waals surface area contributed by atoms with Gasteiger partial charge in [0.25, 0.3) is 5.91 Å². The number of rotatable bonds is 9. The zero-order chi connectivity index (χ0) is 25.7. The van der Waals surface area contributed by atoms with Gasteiger partial charge in [0, 0.05) is 11.7 Å². The Morgan fingerprint density at radius 1 is 1.22 bits per heavy atom. The number of para-hydroxylation sites is 1. The summed E-state index contributed by atoms with van der Waals surface area (Å²) in [6.07, 6.45) is 6.33. The molecule has 1 unspecified atom stereocenters. The lowest BCUT2D eigenvalue weighted by Crippen LogP contribution is -2.48. The first-order valence-corrected chi connectivity index (χ1v) is 13.9. The number of carboxylic acid groups (broad SMARTS) is 1. The average molecular weight is 576 g/mol. The van der Waals surface area contributed by atoms with Crippen LogP contribution in [0.1, 0.15) is 45.1 Å². The van der Waals surface area contributed by atoms with Crippen molar-refractivity contribution in [3.05, 3.63) is 57.4 Å². The molecular weight excluding hydrogens is 544 g/mol. The molecule has 0 spiro atoms. The fourth-order valence-corrected chi connectivity index (χ4v) is 6.51. The number of aliphatic carboxylic acids is 1. The topological polar surface area (TPSA) is 88.1 Å². The number of amides is 1. The van der Waals surface area contributed by atoms with Crippen LogP contribution in [0.25, 0.3) is 6.08 Å². The van der Waals surface area contributed by atoms with Gasteiger partial charge in [-0.2, -0.15) is 0 Å². The summed E-state index contributed by atoms with van der Waals surface area (Å²) in [4.78, 5) is 27.4. The van der Waals surface area contributed by atoms with E-state index in [1.807, 2.05) is 54.3 Å². The van der Waals surface area contributed by atoms with E-state index in [1.165, 1.54) is 18.2 Å². The van der Waals surface area contributed by atoms with Gasteiger partial charge in [0.1, 0.15) is 0 Å². The Morgan fingerprint density at radius 2 is 1.97 bits per heavy atom. The van der Waals surface area contributed by atoms with E-state index < -0.39 is 12.6 Å². The molecule has 2 aromatic carbocycles. The number of nitrogens with zero attached hydrogens (tertiary/aromatic N) is 1. The molecular formula is C27H31BrN2O5S. The van der Waals surface area contributed by atoms with Gasteiger partial charge in [0.2, 0.25) is 0 Å². The Hall–Kier alpha value is -2.65. The van der Waals surface area contributed by atoms with Crippen molar-refractivity contribution in [2.75, 3.05) is 18.5 Å². The fraction of sp³-hybridized carbons (Fsp3) is 0.407. The van der Waals surface area contributed by atoms with Crippen molar-refractivity contribution in [1.82, 2.24) is 4.90 Å². The summed E-state index contributed by atoms with van der Waals surface area (Å²) in [7, 11) is 0. The first-order chi connectivity index (χ1) is 17.4. The van der Waals surface area contributed by atoms with E-state index in [2.05, 4.69) is 28.2 Å². The van der Waals surface area contributed by atoms with E-state index in [1.54, 1.807) is 6.07 Å². The third-order valence-electron chi connectivity index (χ3n) is 6.39. The molecule has 4 rings (SSSR count). The summed E-state index contributed by atoms with van der Waals surface area (Å²) in [5, 5.41) is 12.6. The number of nitrogens with one attached hydrogen (secondary N) is 1. The van der Waals surface area contributed by atoms with Gasteiger partial charge in [-0.05, 0) is 77.5 Å². The first kappa shape index (κ1) is 26.4. The van der Waals surface area contributed by atoms with Crippen molar-refractivity contribution in [1.29, 1.82) is 0 Å². The molecule has 0 aromatic heterocycles. The minimum atomic E-state index is -1.07. The first-order valence-electron chi connectivity index (χ1n) is 12.2. The lowest BCUT2D eigenvalue weighted by Gasteiger charge is -2.39. The molecule has 1 saturated carbocycles. The van der Waals surface area contributed by atoms with Crippen molar-refractivity contribution in [3.8, 4) is 11.5 Å². The van der Waals surface area contributed by atoms with Gasteiger partial charge in [-0.15, -0.1) is 0 Å². The lowest BCUT2D eigenvalue weighted by atomic mass is 9.85. The highest BCUT2D eigenvalue weighted by Crippen LogP contribution is 2.43. The van der Waals surface area contributed by atoms with Crippen molar-refractivity contribution in [2.24, 2.45) is 5.92 Å². The number of halogens is 1. The average Bonchev–Trinajstić information content (AvgIpc) is 3.13. The molecule has 1 heterocycles. The van der Waals surface area contributed by atoms with Crippen LogP contribution in [0.2, 0.25) is 0 Å². The van der Waals surface area contributed by atoms with Crippen molar-refractivity contribution < 1.29 is 24.2 Å². The number of carbonyl (C=O) groups excluding carboxylic acids is 1. The number of carbonyl (C=O) groups is 2. The van der Waals surface area contributed by atoms with Crippen LogP contribution in [-0.2, 0) is 9.59 Å². The maximum absolute atomic E-state index is 13.8. The highest BCUT2D eigenvalue weighted by atomic mass is 79.9. The zero-order valence-electron chi connectivity index (χ0n) is 20.4. The molecule has 0 radical (unpaired) electrons.